The topological polar surface area (TPSA) is 51.0 Å². The fourth-order valence-corrected chi connectivity index (χ4v) is 4.37. The number of nitrogens with zero attached hydrogens (tertiary/aromatic N) is 4. The standard InChI is InChI=1S/C21H22N4OS/c1-3-17(16-10-5-4-6-11-16)20(26)24-13-14-27-21-23-22-19(25(21)24)18-12-8-7-9-15(18)2/h4-12,17H,3,13-14H2,1-2H3. The molecular formula is C21H22N4OS. The summed E-state index contributed by atoms with van der Waals surface area (Å²) in [7, 11) is 0. The number of thioether (sulfide) groups is 1. The van der Waals surface area contributed by atoms with E-state index in [4.69, 9.17) is 0 Å². The Morgan fingerprint density at radius 3 is 2.59 bits per heavy atom. The van der Waals surface area contributed by atoms with Crippen LogP contribution in [0.25, 0.3) is 11.4 Å². The van der Waals surface area contributed by atoms with Crippen molar-refractivity contribution in [3.63, 3.8) is 0 Å². The molecule has 0 fully saturated rings. The van der Waals surface area contributed by atoms with E-state index in [1.165, 1.54) is 0 Å². The van der Waals surface area contributed by atoms with Crippen LogP contribution >= 0.6 is 11.8 Å². The first-order valence-corrected chi connectivity index (χ1v) is 10.2. The van der Waals surface area contributed by atoms with Crippen molar-refractivity contribution in [1.82, 2.24) is 14.9 Å². The predicted octanol–water partition coefficient (Wildman–Crippen LogP) is 4.02. The number of amides is 1. The largest absolute Gasteiger partial charge is 0.272 e. The molecule has 0 N–H and O–H groups in total. The molecule has 4 rings (SSSR count). The van der Waals surface area contributed by atoms with Crippen molar-refractivity contribution in [1.29, 1.82) is 0 Å². The lowest BCUT2D eigenvalue weighted by Gasteiger charge is -2.32. The molecule has 1 unspecified atom stereocenters. The summed E-state index contributed by atoms with van der Waals surface area (Å²) in [5, 5.41) is 11.4. The molecule has 138 valence electrons. The van der Waals surface area contributed by atoms with Gasteiger partial charge in [0.05, 0.1) is 12.5 Å². The van der Waals surface area contributed by atoms with E-state index in [1.807, 2.05) is 58.2 Å². The van der Waals surface area contributed by atoms with Gasteiger partial charge in [0, 0.05) is 11.3 Å². The summed E-state index contributed by atoms with van der Waals surface area (Å²) in [4.78, 5) is 13.5. The van der Waals surface area contributed by atoms with Gasteiger partial charge in [-0.25, -0.2) is 9.69 Å². The number of hydrogen-bond donors (Lipinski definition) is 0. The van der Waals surface area contributed by atoms with Crippen molar-refractivity contribution in [2.24, 2.45) is 0 Å². The maximum Gasteiger partial charge on any atom is 0.249 e. The van der Waals surface area contributed by atoms with Crippen molar-refractivity contribution < 1.29 is 4.79 Å². The monoisotopic (exact) mass is 378 g/mol. The van der Waals surface area contributed by atoms with E-state index in [0.717, 1.165) is 39.8 Å². The molecule has 5 nitrogen and oxygen atoms in total. The summed E-state index contributed by atoms with van der Waals surface area (Å²) in [6.07, 6.45) is 0.754. The molecule has 0 saturated heterocycles. The van der Waals surface area contributed by atoms with Crippen molar-refractivity contribution in [2.75, 3.05) is 17.3 Å². The van der Waals surface area contributed by atoms with Gasteiger partial charge in [0.15, 0.2) is 5.82 Å². The first kappa shape index (κ1) is 17.8. The van der Waals surface area contributed by atoms with Gasteiger partial charge in [-0.05, 0) is 24.5 Å². The Hall–Kier alpha value is -2.60. The minimum absolute atomic E-state index is 0.0971. The van der Waals surface area contributed by atoms with Crippen LogP contribution in [0, 0.1) is 6.92 Å². The minimum Gasteiger partial charge on any atom is -0.272 e. The number of rotatable bonds is 4. The fourth-order valence-electron chi connectivity index (χ4n) is 3.52. The van der Waals surface area contributed by atoms with E-state index in [0.29, 0.717) is 6.54 Å². The third-order valence-electron chi connectivity index (χ3n) is 4.94. The lowest BCUT2D eigenvalue weighted by molar-refractivity contribution is -0.121. The van der Waals surface area contributed by atoms with Gasteiger partial charge in [0.1, 0.15) is 0 Å². The molecule has 0 saturated carbocycles. The molecule has 0 bridgehead atoms. The van der Waals surface area contributed by atoms with Gasteiger partial charge in [-0.2, -0.15) is 0 Å². The Kier molecular flexibility index (Phi) is 4.99. The molecular weight excluding hydrogens is 356 g/mol. The van der Waals surface area contributed by atoms with Crippen molar-refractivity contribution in [2.45, 2.75) is 31.3 Å². The van der Waals surface area contributed by atoms with Crippen LogP contribution in [0.4, 0.5) is 0 Å². The van der Waals surface area contributed by atoms with Gasteiger partial charge < -0.3 is 0 Å². The van der Waals surface area contributed by atoms with Gasteiger partial charge in [-0.1, -0.05) is 73.3 Å². The number of aromatic nitrogens is 3. The van der Waals surface area contributed by atoms with Crippen LogP contribution in [0.2, 0.25) is 0 Å². The summed E-state index contributed by atoms with van der Waals surface area (Å²) in [6, 6.07) is 18.1. The maximum atomic E-state index is 13.5. The van der Waals surface area contributed by atoms with Gasteiger partial charge in [0.25, 0.3) is 0 Å². The highest BCUT2D eigenvalue weighted by Crippen LogP contribution is 2.31. The van der Waals surface area contributed by atoms with Crippen LogP contribution in [-0.4, -0.2) is 33.1 Å². The van der Waals surface area contributed by atoms with E-state index < -0.39 is 0 Å². The molecule has 0 radical (unpaired) electrons. The summed E-state index contributed by atoms with van der Waals surface area (Å²) >= 11 is 1.64. The minimum atomic E-state index is -0.172. The first-order chi connectivity index (χ1) is 13.2. The molecule has 3 aromatic rings. The van der Waals surface area contributed by atoms with E-state index in [1.54, 1.807) is 11.8 Å². The molecule has 1 atom stereocenters. The van der Waals surface area contributed by atoms with Crippen molar-refractivity contribution in [3.05, 3.63) is 65.7 Å². The SMILES string of the molecule is CCC(C(=O)N1CCSc2nnc(-c3ccccc3C)n21)c1ccccc1. The number of benzene rings is 2. The second-order valence-electron chi connectivity index (χ2n) is 6.61. The number of aryl methyl sites for hydroxylation is 1. The maximum absolute atomic E-state index is 13.5. The zero-order valence-electron chi connectivity index (χ0n) is 15.5. The molecule has 0 spiro atoms. The molecule has 6 heteroatoms. The lowest BCUT2D eigenvalue weighted by Crippen LogP contribution is -2.47. The fraction of sp³-hybridized carbons (Fsp3) is 0.286. The van der Waals surface area contributed by atoms with Crippen molar-refractivity contribution in [3.8, 4) is 11.4 Å². The Balaban J connectivity index is 1.76. The van der Waals surface area contributed by atoms with Gasteiger partial charge in [0.2, 0.25) is 11.1 Å². The second kappa shape index (κ2) is 7.56. The predicted molar refractivity (Wildman–Crippen MR) is 108 cm³/mol. The van der Waals surface area contributed by atoms with Crippen LogP contribution in [0.3, 0.4) is 0 Å². The Morgan fingerprint density at radius 2 is 1.85 bits per heavy atom. The summed E-state index contributed by atoms with van der Waals surface area (Å²) in [5.41, 5.74) is 3.17. The Morgan fingerprint density at radius 1 is 1.11 bits per heavy atom. The highest BCUT2D eigenvalue weighted by molar-refractivity contribution is 7.99. The Labute approximate surface area is 163 Å². The summed E-state index contributed by atoms with van der Waals surface area (Å²) in [5.74, 6) is 1.48. The van der Waals surface area contributed by atoms with Crippen LogP contribution in [0.5, 0.6) is 0 Å². The molecule has 1 aromatic heterocycles. The average molecular weight is 379 g/mol. The van der Waals surface area contributed by atoms with Gasteiger partial charge >= 0.3 is 0 Å². The van der Waals surface area contributed by atoms with Gasteiger partial charge in [-0.3, -0.25) is 4.79 Å². The zero-order valence-corrected chi connectivity index (χ0v) is 16.3. The van der Waals surface area contributed by atoms with E-state index >= 15 is 0 Å². The van der Waals surface area contributed by atoms with Gasteiger partial charge in [-0.15, -0.1) is 10.2 Å². The average Bonchev–Trinajstić information content (AvgIpc) is 3.14. The molecule has 2 aromatic carbocycles. The third kappa shape index (κ3) is 3.25. The number of fused-ring (bicyclic) bond motifs is 1. The highest BCUT2D eigenvalue weighted by atomic mass is 32.2. The van der Waals surface area contributed by atoms with E-state index in [9.17, 15) is 4.79 Å². The lowest BCUT2D eigenvalue weighted by atomic mass is 9.95. The molecule has 1 aliphatic rings. The molecule has 0 aliphatic carbocycles. The number of hydrogen-bond acceptors (Lipinski definition) is 4. The van der Waals surface area contributed by atoms with Crippen LogP contribution in [0.15, 0.2) is 59.8 Å². The molecule has 27 heavy (non-hydrogen) atoms. The third-order valence-corrected chi connectivity index (χ3v) is 5.84. The summed E-state index contributed by atoms with van der Waals surface area (Å²) in [6.45, 7) is 4.76. The number of carbonyl (C=O) groups excluding carboxylic acids is 1. The zero-order chi connectivity index (χ0) is 18.8. The smallest absolute Gasteiger partial charge is 0.249 e. The van der Waals surface area contributed by atoms with Crippen LogP contribution in [0.1, 0.15) is 30.4 Å². The summed E-state index contributed by atoms with van der Waals surface area (Å²) < 4.78 is 1.91. The quantitative estimate of drug-likeness (QED) is 0.688. The van der Waals surface area contributed by atoms with E-state index in [-0.39, 0.29) is 11.8 Å². The number of carbonyl (C=O) groups is 1. The first-order valence-electron chi connectivity index (χ1n) is 9.21. The Bertz CT molecular complexity index is 954. The van der Waals surface area contributed by atoms with E-state index in [2.05, 4.69) is 30.1 Å². The van der Waals surface area contributed by atoms with Crippen LogP contribution < -0.4 is 5.01 Å². The highest BCUT2D eigenvalue weighted by Gasteiger charge is 2.32. The van der Waals surface area contributed by atoms with Crippen molar-refractivity contribution >= 4 is 17.7 Å². The normalized spacial score (nSPS) is 14.7. The van der Waals surface area contributed by atoms with Crippen LogP contribution in [-0.2, 0) is 4.79 Å². The molecule has 1 aliphatic heterocycles. The molecule has 2 heterocycles. The molecule has 1 amide bonds. The second-order valence-corrected chi connectivity index (χ2v) is 7.68.